The number of nitrogens with zero attached hydrogens (tertiary/aromatic N) is 1. The van der Waals surface area contributed by atoms with E-state index in [1.54, 1.807) is 0 Å². The van der Waals surface area contributed by atoms with Gasteiger partial charge in [0.15, 0.2) is 0 Å². The van der Waals surface area contributed by atoms with Crippen LogP contribution in [0.15, 0.2) is 0 Å². The maximum atomic E-state index is 2.60. The first kappa shape index (κ1) is 8.55. The molecule has 1 aliphatic carbocycles. The van der Waals surface area contributed by atoms with Crippen LogP contribution in [0.1, 0.15) is 39.0 Å². The van der Waals surface area contributed by atoms with Crippen molar-refractivity contribution in [3.63, 3.8) is 0 Å². The number of rotatable bonds is 1. The van der Waals surface area contributed by atoms with Gasteiger partial charge in [-0.05, 0) is 51.1 Å². The second kappa shape index (κ2) is 3.37. The molecule has 3 atom stereocenters. The summed E-state index contributed by atoms with van der Waals surface area (Å²) in [7, 11) is 2.31. The average molecular weight is 167 g/mol. The van der Waals surface area contributed by atoms with E-state index in [-0.39, 0.29) is 0 Å². The second-order valence-electron chi connectivity index (χ2n) is 4.70. The van der Waals surface area contributed by atoms with Crippen LogP contribution >= 0.6 is 0 Å². The van der Waals surface area contributed by atoms with Crippen molar-refractivity contribution in [2.45, 2.75) is 45.1 Å². The van der Waals surface area contributed by atoms with Crippen molar-refractivity contribution in [1.29, 1.82) is 0 Å². The minimum Gasteiger partial charge on any atom is -0.303 e. The van der Waals surface area contributed by atoms with Crippen LogP contribution in [0.4, 0.5) is 0 Å². The summed E-state index contributed by atoms with van der Waals surface area (Å²) in [4.78, 5) is 2.60. The Hall–Kier alpha value is -0.0400. The molecule has 2 rings (SSSR count). The number of piperidine rings is 1. The summed E-state index contributed by atoms with van der Waals surface area (Å²) in [5.41, 5.74) is 0. The van der Waals surface area contributed by atoms with Gasteiger partial charge in [-0.15, -0.1) is 0 Å². The standard InChI is InChI=1S/C11H21N/c1-3-9-7-10-5-4-6-12(2)11(10)8-9/h9-11H,3-8H2,1-2H3. The Morgan fingerprint density at radius 1 is 1.33 bits per heavy atom. The van der Waals surface area contributed by atoms with Gasteiger partial charge in [0.2, 0.25) is 0 Å². The molecule has 70 valence electrons. The predicted molar refractivity (Wildman–Crippen MR) is 52.2 cm³/mol. The minimum atomic E-state index is 0.948. The maximum Gasteiger partial charge on any atom is 0.0123 e. The molecule has 3 unspecified atom stereocenters. The number of likely N-dealkylation sites (tertiary alicyclic amines) is 1. The van der Waals surface area contributed by atoms with Crippen LogP contribution in [0, 0.1) is 11.8 Å². The zero-order chi connectivity index (χ0) is 8.55. The Labute approximate surface area is 76.1 Å². The van der Waals surface area contributed by atoms with E-state index in [1.807, 2.05) is 0 Å². The monoisotopic (exact) mass is 167 g/mol. The highest BCUT2D eigenvalue weighted by atomic mass is 15.1. The van der Waals surface area contributed by atoms with E-state index in [9.17, 15) is 0 Å². The molecular formula is C11H21N. The molecule has 1 heteroatoms. The largest absolute Gasteiger partial charge is 0.303 e. The fraction of sp³-hybridized carbons (Fsp3) is 1.00. The first-order valence-corrected chi connectivity index (χ1v) is 5.51. The van der Waals surface area contributed by atoms with Gasteiger partial charge in [-0.1, -0.05) is 13.3 Å². The lowest BCUT2D eigenvalue weighted by molar-refractivity contribution is 0.144. The zero-order valence-corrected chi connectivity index (χ0v) is 8.42. The van der Waals surface area contributed by atoms with E-state index in [0.717, 1.165) is 17.9 Å². The molecule has 0 amide bonds. The van der Waals surface area contributed by atoms with E-state index in [1.165, 1.54) is 38.6 Å². The fourth-order valence-corrected chi connectivity index (χ4v) is 3.17. The van der Waals surface area contributed by atoms with Gasteiger partial charge in [-0.25, -0.2) is 0 Å². The van der Waals surface area contributed by atoms with Gasteiger partial charge in [0.25, 0.3) is 0 Å². The molecule has 0 aromatic rings. The molecule has 1 nitrogen and oxygen atoms in total. The van der Waals surface area contributed by atoms with E-state index in [4.69, 9.17) is 0 Å². The molecule has 2 aliphatic rings. The summed E-state index contributed by atoms with van der Waals surface area (Å²) in [5, 5.41) is 0. The normalized spacial score (nSPS) is 43.0. The lowest BCUT2D eigenvalue weighted by Gasteiger charge is -2.34. The molecule has 0 aromatic heterocycles. The smallest absolute Gasteiger partial charge is 0.0123 e. The third-order valence-corrected chi connectivity index (χ3v) is 3.98. The van der Waals surface area contributed by atoms with Crippen LogP contribution < -0.4 is 0 Å². The summed E-state index contributed by atoms with van der Waals surface area (Å²) in [6.45, 7) is 3.69. The van der Waals surface area contributed by atoms with E-state index < -0.39 is 0 Å². The maximum absolute atomic E-state index is 2.60. The lowest BCUT2D eigenvalue weighted by Crippen LogP contribution is -2.39. The fourth-order valence-electron chi connectivity index (χ4n) is 3.17. The van der Waals surface area contributed by atoms with Gasteiger partial charge in [-0.2, -0.15) is 0 Å². The van der Waals surface area contributed by atoms with Gasteiger partial charge in [0, 0.05) is 6.04 Å². The van der Waals surface area contributed by atoms with Crippen molar-refractivity contribution in [3.8, 4) is 0 Å². The quantitative estimate of drug-likeness (QED) is 0.580. The highest BCUT2D eigenvalue weighted by Crippen LogP contribution is 2.40. The molecule has 1 aliphatic heterocycles. The van der Waals surface area contributed by atoms with Crippen LogP contribution in [0.3, 0.4) is 0 Å². The van der Waals surface area contributed by atoms with Crippen LogP contribution in [-0.2, 0) is 0 Å². The van der Waals surface area contributed by atoms with Crippen LogP contribution in [-0.4, -0.2) is 24.5 Å². The van der Waals surface area contributed by atoms with Crippen LogP contribution in [0.5, 0.6) is 0 Å². The Bertz CT molecular complexity index is 155. The lowest BCUT2D eigenvalue weighted by atomic mass is 9.92. The molecule has 0 spiro atoms. The Morgan fingerprint density at radius 2 is 2.17 bits per heavy atom. The van der Waals surface area contributed by atoms with Gasteiger partial charge in [-0.3, -0.25) is 0 Å². The second-order valence-corrected chi connectivity index (χ2v) is 4.70. The number of hydrogen-bond acceptors (Lipinski definition) is 1. The van der Waals surface area contributed by atoms with E-state index >= 15 is 0 Å². The topological polar surface area (TPSA) is 3.24 Å². The van der Waals surface area contributed by atoms with Crippen molar-refractivity contribution >= 4 is 0 Å². The number of fused-ring (bicyclic) bond motifs is 1. The molecule has 0 radical (unpaired) electrons. The molecule has 0 bridgehead atoms. The van der Waals surface area contributed by atoms with Crippen molar-refractivity contribution in [3.05, 3.63) is 0 Å². The molecule has 0 aromatic carbocycles. The molecular weight excluding hydrogens is 146 g/mol. The Kier molecular flexibility index (Phi) is 2.40. The van der Waals surface area contributed by atoms with Crippen molar-refractivity contribution in [2.24, 2.45) is 11.8 Å². The van der Waals surface area contributed by atoms with E-state index in [2.05, 4.69) is 18.9 Å². The first-order chi connectivity index (χ1) is 5.81. The van der Waals surface area contributed by atoms with Crippen LogP contribution in [0.25, 0.3) is 0 Å². The Balaban J connectivity index is 1.99. The van der Waals surface area contributed by atoms with Crippen molar-refractivity contribution in [2.75, 3.05) is 13.6 Å². The third-order valence-electron chi connectivity index (χ3n) is 3.98. The number of hydrogen-bond donors (Lipinski definition) is 0. The highest BCUT2D eigenvalue weighted by Gasteiger charge is 2.37. The molecule has 0 N–H and O–H groups in total. The molecule has 1 heterocycles. The SMILES string of the molecule is CCC1CC2CCCN(C)C2C1. The summed E-state index contributed by atoms with van der Waals surface area (Å²) in [6, 6.07) is 0.948. The van der Waals surface area contributed by atoms with Crippen molar-refractivity contribution in [1.82, 2.24) is 4.90 Å². The van der Waals surface area contributed by atoms with Gasteiger partial charge < -0.3 is 4.90 Å². The summed E-state index contributed by atoms with van der Waals surface area (Å²) in [6.07, 6.45) is 7.35. The Morgan fingerprint density at radius 3 is 2.83 bits per heavy atom. The summed E-state index contributed by atoms with van der Waals surface area (Å²) >= 11 is 0. The summed E-state index contributed by atoms with van der Waals surface area (Å²) in [5.74, 6) is 2.09. The highest BCUT2D eigenvalue weighted by molar-refractivity contribution is 4.91. The molecule has 1 saturated heterocycles. The summed E-state index contributed by atoms with van der Waals surface area (Å²) < 4.78 is 0. The van der Waals surface area contributed by atoms with Gasteiger partial charge in [0.1, 0.15) is 0 Å². The van der Waals surface area contributed by atoms with Gasteiger partial charge >= 0.3 is 0 Å². The van der Waals surface area contributed by atoms with Gasteiger partial charge in [0.05, 0.1) is 0 Å². The minimum absolute atomic E-state index is 0.948. The first-order valence-electron chi connectivity index (χ1n) is 5.51. The van der Waals surface area contributed by atoms with Crippen molar-refractivity contribution < 1.29 is 0 Å². The predicted octanol–water partition coefficient (Wildman–Crippen LogP) is 2.52. The van der Waals surface area contributed by atoms with E-state index in [0.29, 0.717) is 0 Å². The van der Waals surface area contributed by atoms with Crippen LogP contribution in [0.2, 0.25) is 0 Å². The molecule has 1 saturated carbocycles. The third kappa shape index (κ3) is 1.39. The zero-order valence-electron chi connectivity index (χ0n) is 8.42. The average Bonchev–Trinajstić information content (AvgIpc) is 2.49. The molecule has 2 fully saturated rings. The molecule has 12 heavy (non-hydrogen) atoms.